The molecule has 3 rings (SSSR count). The number of fused-ring (bicyclic) bond motifs is 1. The van der Waals surface area contributed by atoms with Gasteiger partial charge >= 0.3 is 5.97 Å². The molecule has 3 N–H and O–H groups in total. The number of hydrogen-bond donors (Lipinski definition) is 2. The van der Waals surface area contributed by atoms with E-state index >= 15 is 0 Å². The van der Waals surface area contributed by atoms with E-state index in [9.17, 15) is 9.59 Å². The minimum atomic E-state index is -0.578. The molecule has 1 amide bonds. The third-order valence-electron chi connectivity index (χ3n) is 3.75. The minimum Gasteiger partial charge on any atom is -0.454 e. The fourth-order valence-electron chi connectivity index (χ4n) is 2.38. The van der Waals surface area contributed by atoms with Crippen LogP contribution in [0.3, 0.4) is 0 Å². The number of nitrogens with two attached hydrogens (primary N) is 1. The van der Waals surface area contributed by atoms with Crippen molar-refractivity contribution >= 4 is 17.6 Å². The number of amides is 1. The molecular formula is C18H18N2O5. The number of rotatable bonds is 5. The number of hydrogen-bond acceptors (Lipinski definition) is 6. The van der Waals surface area contributed by atoms with Gasteiger partial charge in [0.1, 0.15) is 0 Å². The van der Waals surface area contributed by atoms with Crippen molar-refractivity contribution in [3.63, 3.8) is 0 Å². The Morgan fingerprint density at radius 2 is 1.88 bits per heavy atom. The second-order valence-corrected chi connectivity index (χ2v) is 5.60. The number of nitrogens with one attached hydrogen (secondary N) is 1. The van der Waals surface area contributed by atoms with Crippen molar-refractivity contribution in [1.29, 1.82) is 0 Å². The summed E-state index contributed by atoms with van der Waals surface area (Å²) in [4.78, 5) is 23.9. The monoisotopic (exact) mass is 342 g/mol. The van der Waals surface area contributed by atoms with E-state index in [1.165, 1.54) is 0 Å². The average Bonchev–Trinajstić information content (AvgIpc) is 3.08. The van der Waals surface area contributed by atoms with Crippen molar-refractivity contribution < 1.29 is 23.8 Å². The van der Waals surface area contributed by atoms with Crippen LogP contribution in [0.15, 0.2) is 42.5 Å². The number of carbonyl (C=O) groups excluding carboxylic acids is 2. The van der Waals surface area contributed by atoms with Gasteiger partial charge in [0.15, 0.2) is 18.1 Å². The van der Waals surface area contributed by atoms with Gasteiger partial charge in [-0.15, -0.1) is 0 Å². The number of carbonyl (C=O) groups is 2. The SMILES string of the molecule is C[C@@H](NC(=O)COC(=O)c1ccc(N)cc1)c1ccc2c(c1)OCO2. The van der Waals surface area contributed by atoms with E-state index in [1.54, 1.807) is 30.3 Å². The zero-order chi connectivity index (χ0) is 17.8. The molecule has 2 aromatic rings. The predicted octanol–water partition coefficient (Wildman–Crippen LogP) is 2.03. The van der Waals surface area contributed by atoms with Gasteiger partial charge in [-0.05, 0) is 48.9 Å². The Bertz CT molecular complexity index is 789. The van der Waals surface area contributed by atoms with Gasteiger partial charge in [0.05, 0.1) is 11.6 Å². The van der Waals surface area contributed by atoms with Crippen LogP contribution in [-0.2, 0) is 9.53 Å². The van der Waals surface area contributed by atoms with Crippen molar-refractivity contribution in [2.24, 2.45) is 0 Å². The molecule has 7 nitrogen and oxygen atoms in total. The predicted molar refractivity (Wildman–Crippen MR) is 90.3 cm³/mol. The normalized spacial score (nSPS) is 13.2. The summed E-state index contributed by atoms with van der Waals surface area (Å²) in [7, 11) is 0. The summed E-state index contributed by atoms with van der Waals surface area (Å²) in [6.07, 6.45) is 0. The second-order valence-electron chi connectivity index (χ2n) is 5.60. The third kappa shape index (κ3) is 4.00. The summed E-state index contributed by atoms with van der Waals surface area (Å²) >= 11 is 0. The van der Waals surface area contributed by atoms with Gasteiger partial charge in [0.25, 0.3) is 5.91 Å². The van der Waals surface area contributed by atoms with E-state index in [4.69, 9.17) is 19.9 Å². The minimum absolute atomic E-state index is 0.195. The van der Waals surface area contributed by atoms with Gasteiger partial charge in [-0.3, -0.25) is 4.79 Å². The van der Waals surface area contributed by atoms with Crippen molar-refractivity contribution in [2.45, 2.75) is 13.0 Å². The van der Waals surface area contributed by atoms with Crippen molar-refractivity contribution in [3.05, 3.63) is 53.6 Å². The molecule has 1 aliphatic heterocycles. The zero-order valence-corrected chi connectivity index (χ0v) is 13.7. The highest BCUT2D eigenvalue weighted by atomic mass is 16.7. The molecular weight excluding hydrogens is 324 g/mol. The number of nitrogen functional groups attached to an aromatic ring is 1. The van der Waals surface area contributed by atoms with Gasteiger partial charge in [-0.25, -0.2) is 4.79 Å². The van der Waals surface area contributed by atoms with Gasteiger partial charge in [-0.2, -0.15) is 0 Å². The number of ether oxygens (including phenoxy) is 3. The van der Waals surface area contributed by atoms with Crippen LogP contribution in [0.5, 0.6) is 11.5 Å². The largest absolute Gasteiger partial charge is 0.454 e. The third-order valence-corrected chi connectivity index (χ3v) is 3.75. The molecule has 0 fully saturated rings. The van der Waals surface area contributed by atoms with Crippen molar-refractivity contribution in [2.75, 3.05) is 19.1 Å². The quantitative estimate of drug-likeness (QED) is 0.637. The number of esters is 1. The number of benzene rings is 2. The molecule has 1 aliphatic rings. The Morgan fingerprint density at radius 3 is 2.64 bits per heavy atom. The van der Waals surface area contributed by atoms with Gasteiger partial charge in [0, 0.05) is 5.69 Å². The van der Waals surface area contributed by atoms with E-state index in [2.05, 4.69) is 5.32 Å². The molecule has 0 spiro atoms. The summed E-state index contributed by atoms with van der Waals surface area (Å²) in [6.45, 7) is 1.66. The first kappa shape index (κ1) is 16.6. The summed E-state index contributed by atoms with van der Waals surface area (Å²) in [5.74, 6) is 0.355. The van der Waals surface area contributed by atoms with Crippen LogP contribution in [0.1, 0.15) is 28.9 Å². The zero-order valence-electron chi connectivity index (χ0n) is 13.7. The Morgan fingerprint density at radius 1 is 1.16 bits per heavy atom. The van der Waals surface area contributed by atoms with Crippen LogP contribution in [0.2, 0.25) is 0 Å². The summed E-state index contributed by atoms with van der Waals surface area (Å²) in [5.41, 5.74) is 7.31. The molecule has 0 bridgehead atoms. The molecule has 0 saturated heterocycles. The Labute approximate surface area is 144 Å². The summed E-state index contributed by atoms with van der Waals surface area (Å²) in [5, 5.41) is 2.77. The highest BCUT2D eigenvalue weighted by molar-refractivity contribution is 5.91. The maximum Gasteiger partial charge on any atom is 0.338 e. The van der Waals surface area contributed by atoms with Crippen LogP contribution in [0, 0.1) is 0 Å². The highest BCUT2D eigenvalue weighted by Crippen LogP contribution is 2.34. The first-order valence-corrected chi connectivity index (χ1v) is 7.74. The van der Waals surface area contributed by atoms with Gasteiger partial charge < -0.3 is 25.3 Å². The number of anilines is 1. The molecule has 0 unspecified atom stereocenters. The van der Waals surface area contributed by atoms with Crippen LogP contribution in [-0.4, -0.2) is 25.3 Å². The summed E-state index contributed by atoms with van der Waals surface area (Å²) in [6, 6.07) is 11.5. The maximum atomic E-state index is 12.0. The average molecular weight is 342 g/mol. The molecule has 0 aromatic heterocycles. The van der Waals surface area contributed by atoms with E-state index in [-0.39, 0.29) is 19.4 Å². The van der Waals surface area contributed by atoms with Crippen LogP contribution in [0.25, 0.3) is 0 Å². The molecule has 25 heavy (non-hydrogen) atoms. The lowest BCUT2D eigenvalue weighted by molar-refractivity contribution is -0.124. The van der Waals surface area contributed by atoms with Gasteiger partial charge in [0.2, 0.25) is 6.79 Å². The molecule has 2 aromatic carbocycles. The van der Waals surface area contributed by atoms with Crippen molar-refractivity contribution in [3.8, 4) is 11.5 Å². The fraction of sp³-hybridized carbons (Fsp3) is 0.222. The Hall–Kier alpha value is -3.22. The molecule has 1 heterocycles. The van der Waals surface area contributed by atoms with Crippen LogP contribution >= 0.6 is 0 Å². The lowest BCUT2D eigenvalue weighted by Gasteiger charge is -2.15. The first-order valence-electron chi connectivity index (χ1n) is 7.74. The standard InChI is InChI=1S/C18H18N2O5/c1-11(13-4-7-15-16(8-13)25-10-24-15)20-17(21)9-23-18(22)12-2-5-14(19)6-3-12/h2-8,11H,9-10,19H2,1H3,(H,20,21)/t11-/m1/s1. The van der Waals surface area contributed by atoms with E-state index in [0.29, 0.717) is 22.7 Å². The Balaban J connectivity index is 1.52. The fourth-order valence-corrected chi connectivity index (χ4v) is 2.38. The molecule has 1 atom stereocenters. The maximum absolute atomic E-state index is 12.0. The summed E-state index contributed by atoms with van der Waals surface area (Å²) < 4.78 is 15.6. The van der Waals surface area contributed by atoms with E-state index in [0.717, 1.165) is 5.56 Å². The second kappa shape index (κ2) is 7.12. The molecule has 130 valence electrons. The van der Waals surface area contributed by atoms with Crippen LogP contribution < -0.4 is 20.5 Å². The lowest BCUT2D eigenvalue weighted by atomic mass is 10.1. The van der Waals surface area contributed by atoms with Crippen molar-refractivity contribution in [1.82, 2.24) is 5.32 Å². The lowest BCUT2D eigenvalue weighted by Crippen LogP contribution is -2.31. The van der Waals surface area contributed by atoms with E-state index < -0.39 is 11.9 Å². The molecule has 0 radical (unpaired) electrons. The highest BCUT2D eigenvalue weighted by Gasteiger charge is 2.17. The molecule has 0 aliphatic carbocycles. The van der Waals surface area contributed by atoms with Crippen LogP contribution in [0.4, 0.5) is 5.69 Å². The Kier molecular flexibility index (Phi) is 4.74. The topological polar surface area (TPSA) is 99.9 Å². The van der Waals surface area contributed by atoms with Gasteiger partial charge in [-0.1, -0.05) is 6.07 Å². The smallest absolute Gasteiger partial charge is 0.338 e. The molecule has 7 heteroatoms. The molecule has 0 saturated carbocycles. The first-order chi connectivity index (χ1) is 12.0. The van der Waals surface area contributed by atoms with E-state index in [1.807, 2.05) is 19.1 Å².